The SMILES string of the molecule is Cc1c(C(=O)N2CCC3(CNC3)C2)nc(-c2ccc(C#N)c(I)c2)n1-c1ccc2nn(C)cc2c1. The Labute approximate surface area is 216 Å². The molecule has 1 amide bonds. The van der Waals surface area contributed by atoms with Crippen LogP contribution in [0.15, 0.2) is 42.6 Å². The molecule has 2 aliphatic heterocycles. The van der Waals surface area contributed by atoms with Gasteiger partial charge >= 0.3 is 0 Å². The van der Waals surface area contributed by atoms with Gasteiger partial charge in [-0.05, 0) is 72.3 Å². The molecule has 8 nitrogen and oxygen atoms in total. The van der Waals surface area contributed by atoms with Crippen molar-refractivity contribution >= 4 is 39.4 Å². The summed E-state index contributed by atoms with van der Waals surface area (Å²) in [6.07, 6.45) is 3.02. The van der Waals surface area contributed by atoms with Crippen molar-refractivity contribution in [3.05, 3.63) is 63.1 Å². The van der Waals surface area contributed by atoms with Crippen LogP contribution in [-0.2, 0) is 7.05 Å². The number of nitrogens with one attached hydrogen (secondary N) is 1. The van der Waals surface area contributed by atoms with Gasteiger partial charge in [0.2, 0.25) is 0 Å². The first-order chi connectivity index (χ1) is 16.9. The zero-order chi connectivity index (χ0) is 24.3. The second-order valence-corrected chi connectivity index (χ2v) is 10.8. The molecule has 1 spiro atoms. The summed E-state index contributed by atoms with van der Waals surface area (Å²) < 4.78 is 4.70. The summed E-state index contributed by atoms with van der Waals surface area (Å²) >= 11 is 2.18. The molecule has 2 saturated heterocycles. The van der Waals surface area contributed by atoms with Crippen molar-refractivity contribution in [1.82, 2.24) is 29.5 Å². The molecule has 2 aliphatic rings. The first-order valence-electron chi connectivity index (χ1n) is 11.6. The quantitative estimate of drug-likeness (QED) is 0.376. The highest BCUT2D eigenvalue weighted by Gasteiger charge is 2.45. The smallest absolute Gasteiger partial charge is 0.274 e. The molecule has 0 aliphatic carbocycles. The summed E-state index contributed by atoms with van der Waals surface area (Å²) in [5.41, 5.74) is 4.83. The third kappa shape index (κ3) is 3.63. The van der Waals surface area contributed by atoms with E-state index >= 15 is 0 Å². The Morgan fingerprint density at radius 3 is 2.74 bits per heavy atom. The van der Waals surface area contributed by atoms with Crippen LogP contribution >= 0.6 is 22.6 Å². The van der Waals surface area contributed by atoms with Crippen LogP contribution in [-0.4, -0.2) is 56.3 Å². The Bertz CT molecular complexity index is 1540. The zero-order valence-corrected chi connectivity index (χ0v) is 21.7. The van der Waals surface area contributed by atoms with Crippen molar-refractivity contribution in [2.24, 2.45) is 12.5 Å². The number of rotatable bonds is 3. The number of hydrogen-bond donors (Lipinski definition) is 1. The predicted octanol–water partition coefficient (Wildman–Crippen LogP) is 3.65. The highest BCUT2D eigenvalue weighted by atomic mass is 127. The van der Waals surface area contributed by atoms with Crippen LogP contribution in [0.25, 0.3) is 28.0 Å². The molecule has 2 aromatic carbocycles. The summed E-state index contributed by atoms with van der Waals surface area (Å²) in [7, 11) is 1.91. The number of hydrogen-bond acceptors (Lipinski definition) is 5. The van der Waals surface area contributed by atoms with Gasteiger partial charge in [0.15, 0.2) is 0 Å². The number of fused-ring (bicyclic) bond motifs is 1. The summed E-state index contributed by atoms with van der Waals surface area (Å²) in [5, 5.41) is 18.2. The molecule has 2 aromatic heterocycles. The van der Waals surface area contributed by atoms with E-state index in [1.165, 1.54) is 0 Å². The van der Waals surface area contributed by atoms with E-state index in [1.807, 2.05) is 60.0 Å². The predicted molar refractivity (Wildman–Crippen MR) is 141 cm³/mol. The fraction of sp³-hybridized carbons (Fsp3) is 0.308. The lowest BCUT2D eigenvalue weighted by molar-refractivity contribution is 0.0746. The molecular weight excluding hydrogens is 553 g/mol. The van der Waals surface area contributed by atoms with Crippen molar-refractivity contribution in [3.63, 3.8) is 0 Å². The standard InChI is InChI=1S/C26H24IN7O/c1-16-23(25(35)33-8-7-26(15-33)13-29-14-26)30-24(17-3-4-18(11-28)21(27)10-17)34(16)20-5-6-22-19(9-20)12-32(2)31-22/h3-6,9-10,12,29H,7-8,13-15H2,1-2H3. The van der Waals surface area contributed by atoms with Gasteiger partial charge in [-0.1, -0.05) is 0 Å². The number of carbonyl (C=O) groups is 1. The number of aromatic nitrogens is 4. The van der Waals surface area contributed by atoms with E-state index in [9.17, 15) is 10.1 Å². The Hall–Kier alpha value is -3.23. The van der Waals surface area contributed by atoms with Gasteiger partial charge in [0.1, 0.15) is 17.6 Å². The van der Waals surface area contributed by atoms with Crippen molar-refractivity contribution in [1.29, 1.82) is 5.26 Å². The van der Waals surface area contributed by atoms with Crippen molar-refractivity contribution < 1.29 is 4.79 Å². The molecule has 1 N–H and O–H groups in total. The molecule has 35 heavy (non-hydrogen) atoms. The van der Waals surface area contributed by atoms with Gasteiger partial charge in [0, 0.05) is 65.0 Å². The highest BCUT2D eigenvalue weighted by Crippen LogP contribution is 2.36. The molecule has 9 heteroatoms. The van der Waals surface area contributed by atoms with Gasteiger partial charge in [-0.15, -0.1) is 0 Å². The van der Waals surface area contributed by atoms with Crippen LogP contribution in [0.3, 0.4) is 0 Å². The fourth-order valence-electron chi connectivity index (χ4n) is 5.26. The van der Waals surface area contributed by atoms with Gasteiger partial charge in [-0.3, -0.25) is 14.0 Å². The minimum Gasteiger partial charge on any atom is -0.337 e. The van der Waals surface area contributed by atoms with Gasteiger partial charge in [0.05, 0.1) is 16.8 Å². The fourth-order valence-corrected chi connectivity index (χ4v) is 5.90. The van der Waals surface area contributed by atoms with Gasteiger partial charge in [-0.2, -0.15) is 10.4 Å². The van der Waals surface area contributed by atoms with E-state index in [4.69, 9.17) is 4.98 Å². The average molecular weight is 577 g/mol. The lowest BCUT2D eigenvalue weighted by Crippen LogP contribution is -2.55. The van der Waals surface area contributed by atoms with Gasteiger partial charge in [0.25, 0.3) is 5.91 Å². The summed E-state index contributed by atoms with van der Waals surface area (Å²) in [4.78, 5) is 20.6. The molecule has 176 valence electrons. The third-order valence-electron chi connectivity index (χ3n) is 7.24. The van der Waals surface area contributed by atoms with E-state index in [0.717, 1.165) is 64.0 Å². The van der Waals surface area contributed by atoms with E-state index in [1.54, 1.807) is 4.68 Å². The maximum Gasteiger partial charge on any atom is 0.274 e. The van der Waals surface area contributed by atoms with Crippen LogP contribution in [0.2, 0.25) is 0 Å². The van der Waals surface area contributed by atoms with Gasteiger partial charge in [-0.25, -0.2) is 4.98 Å². The van der Waals surface area contributed by atoms with Crippen LogP contribution in [0, 0.1) is 27.2 Å². The van der Waals surface area contributed by atoms with Crippen LogP contribution < -0.4 is 5.32 Å². The molecule has 0 atom stereocenters. The number of likely N-dealkylation sites (tertiary alicyclic amines) is 1. The first kappa shape index (κ1) is 22.2. The van der Waals surface area contributed by atoms with Crippen LogP contribution in [0.4, 0.5) is 0 Å². The number of carbonyl (C=O) groups excluding carboxylic acids is 1. The minimum absolute atomic E-state index is 0.0166. The normalized spacial score (nSPS) is 16.6. The zero-order valence-electron chi connectivity index (χ0n) is 19.5. The lowest BCUT2D eigenvalue weighted by atomic mass is 9.81. The Morgan fingerprint density at radius 1 is 1.23 bits per heavy atom. The Morgan fingerprint density at radius 2 is 2.06 bits per heavy atom. The lowest BCUT2D eigenvalue weighted by Gasteiger charge is -2.38. The molecule has 2 fully saturated rings. The van der Waals surface area contributed by atoms with E-state index in [0.29, 0.717) is 17.1 Å². The van der Waals surface area contributed by atoms with Crippen LogP contribution in [0.5, 0.6) is 0 Å². The molecule has 4 heterocycles. The van der Waals surface area contributed by atoms with Crippen molar-refractivity contribution in [2.75, 3.05) is 26.2 Å². The number of benzene rings is 2. The largest absolute Gasteiger partial charge is 0.337 e. The molecular formula is C26H24IN7O. The summed E-state index contributed by atoms with van der Waals surface area (Å²) in [6.45, 7) is 5.45. The van der Waals surface area contributed by atoms with E-state index < -0.39 is 0 Å². The maximum absolute atomic E-state index is 13.7. The molecule has 0 unspecified atom stereocenters. The number of halogens is 1. The number of amides is 1. The molecule has 6 rings (SSSR count). The monoisotopic (exact) mass is 577 g/mol. The van der Waals surface area contributed by atoms with Crippen LogP contribution in [0.1, 0.15) is 28.2 Å². The second kappa shape index (κ2) is 8.17. The summed E-state index contributed by atoms with van der Waals surface area (Å²) in [5.74, 6) is 0.674. The molecule has 0 bridgehead atoms. The molecule has 0 saturated carbocycles. The Kier molecular flexibility index (Phi) is 5.19. The number of nitrogens with zero attached hydrogens (tertiary/aromatic N) is 6. The van der Waals surface area contributed by atoms with Crippen molar-refractivity contribution in [3.8, 4) is 23.1 Å². The second-order valence-electron chi connectivity index (χ2n) is 9.64. The number of aryl methyl sites for hydroxylation is 1. The summed E-state index contributed by atoms with van der Waals surface area (Å²) in [6, 6.07) is 14.0. The highest BCUT2D eigenvalue weighted by molar-refractivity contribution is 14.1. The molecule has 0 radical (unpaired) electrons. The minimum atomic E-state index is -0.0166. The molecule has 4 aromatic rings. The average Bonchev–Trinajstić information content (AvgIpc) is 3.52. The number of imidazole rings is 1. The van der Waals surface area contributed by atoms with E-state index in [-0.39, 0.29) is 11.3 Å². The maximum atomic E-state index is 13.7. The van der Waals surface area contributed by atoms with Gasteiger partial charge < -0.3 is 10.2 Å². The topological polar surface area (TPSA) is 91.8 Å². The van der Waals surface area contributed by atoms with Crippen molar-refractivity contribution in [2.45, 2.75) is 13.3 Å². The number of nitriles is 1. The first-order valence-corrected chi connectivity index (χ1v) is 12.7. The third-order valence-corrected chi connectivity index (χ3v) is 8.14. The van der Waals surface area contributed by atoms with E-state index in [2.05, 4.69) is 45.1 Å². The Balaban J connectivity index is 1.49.